The molecule has 4 heteroatoms. The number of halogens is 1. The minimum Gasteiger partial charge on any atom is -0.343 e. The number of carbonyl (C=O) groups is 1. The summed E-state index contributed by atoms with van der Waals surface area (Å²) in [4.78, 5) is 14.2. The van der Waals surface area contributed by atoms with Crippen molar-refractivity contribution in [3.8, 4) is 0 Å². The second-order valence-corrected chi connectivity index (χ2v) is 6.32. The largest absolute Gasteiger partial charge is 0.343 e. The molecule has 112 valence electrons. The molecule has 0 aromatic rings. The summed E-state index contributed by atoms with van der Waals surface area (Å²) in [5, 5.41) is 3.37. The van der Waals surface area contributed by atoms with E-state index in [9.17, 15) is 4.79 Å². The van der Waals surface area contributed by atoms with Crippen LogP contribution in [0.15, 0.2) is 0 Å². The lowest BCUT2D eigenvalue weighted by atomic mass is 9.86. The molecular weight excluding hydrogens is 260 g/mol. The fourth-order valence-corrected chi connectivity index (χ4v) is 3.30. The number of amides is 1. The van der Waals surface area contributed by atoms with E-state index in [0.717, 1.165) is 37.8 Å². The van der Waals surface area contributed by atoms with Crippen molar-refractivity contribution in [1.82, 2.24) is 10.2 Å². The van der Waals surface area contributed by atoms with Gasteiger partial charge in [0.15, 0.2) is 0 Å². The Morgan fingerprint density at radius 1 is 1.21 bits per heavy atom. The zero-order valence-corrected chi connectivity index (χ0v) is 13.2. The summed E-state index contributed by atoms with van der Waals surface area (Å²) in [5.74, 6) is 1.95. The summed E-state index contributed by atoms with van der Waals surface area (Å²) >= 11 is 0. The van der Waals surface area contributed by atoms with Gasteiger partial charge < -0.3 is 10.2 Å². The van der Waals surface area contributed by atoms with Crippen LogP contribution in [0.5, 0.6) is 0 Å². The van der Waals surface area contributed by atoms with Crippen molar-refractivity contribution >= 4 is 18.3 Å². The van der Waals surface area contributed by atoms with E-state index in [1.807, 2.05) is 11.9 Å². The summed E-state index contributed by atoms with van der Waals surface area (Å²) < 4.78 is 0. The molecule has 1 aliphatic heterocycles. The zero-order valence-electron chi connectivity index (χ0n) is 12.4. The Morgan fingerprint density at radius 3 is 2.47 bits per heavy atom. The third-order valence-electron chi connectivity index (χ3n) is 4.86. The van der Waals surface area contributed by atoms with Gasteiger partial charge in [-0.05, 0) is 63.5 Å². The lowest BCUT2D eigenvalue weighted by Gasteiger charge is -2.33. The Labute approximate surface area is 123 Å². The molecule has 19 heavy (non-hydrogen) atoms. The molecule has 0 aromatic heterocycles. The fraction of sp³-hybridized carbons (Fsp3) is 0.933. The van der Waals surface area contributed by atoms with Gasteiger partial charge >= 0.3 is 0 Å². The van der Waals surface area contributed by atoms with Crippen LogP contribution in [0.25, 0.3) is 0 Å². The van der Waals surface area contributed by atoms with E-state index in [-0.39, 0.29) is 12.4 Å². The molecule has 1 atom stereocenters. The second kappa shape index (κ2) is 8.11. The molecule has 1 amide bonds. The number of rotatable bonds is 4. The zero-order chi connectivity index (χ0) is 13.0. The molecule has 2 fully saturated rings. The number of carbonyl (C=O) groups excluding carboxylic acids is 1. The highest BCUT2D eigenvalue weighted by Crippen LogP contribution is 2.27. The van der Waals surface area contributed by atoms with Crippen LogP contribution in [0, 0.1) is 11.8 Å². The normalized spacial score (nSPS) is 30.7. The molecule has 1 saturated carbocycles. The minimum absolute atomic E-state index is 0. The maximum Gasteiger partial charge on any atom is 0.222 e. The highest BCUT2D eigenvalue weighted by molar-refractivity contribution is 5.85. The minimum atomic E-state index is 0. The van der Waals surface area contributed by atoms with Gasteiger partial charge in [0.1, 0.15) is 0 Å². The van der Waals surface area contributed by atoms with Gasteiger partial charge in [-0.1, -0.05) is 6.92 Å². The van der Waals surface area contributed by atoms with E-state index in [1.165, 1.54) is 32.1 Å². The molecule has 3 nitrogen and oxygen atoms in total. The average molecular weight is 289 g/mol. The van der Waals surface area contributed by atoms with Crippen molar-refractivity contribution < 1.29 is 4.79 Å². The summed E-state index contributed by atoms with van der Waals surface area (Å²) in [6.45, 7) is 4.57. The molecule has 1 heterocycles. The maximum atomic E-state index is 12.2. The van der Waals surface area contributed by atoms with Crippen molar-refractivity contribution in [2.45, 2.75) is 57.9 Å². The van der Waals surface area contributed by atoms with Gasteiger partial charge in [0.05, 0.1) is 0 Å². The van der Waals surface area contributed by atoms with Crippen LogP contribution >= 0.6 is 12.4 Å². The van der Waals surface area contributed by atoms with Crippen molar-refractivity contribution in [1.29, 1.82) is 0 Å². The molecule has 1 aliphatic carbocycles. The predicted octanol–water partition coefficient (Wildman–Crippen LogP) is 2.84. The van der Waals surface area contributed by atoms with Crippen molar-refractivity contribution in [3.63, 3.8) is 0 Å². The summed E-state index contributed by atoms with van der Waals surface area (Å²) in [7, 11) is 2.01. The number of hydrogen-bond donors (Lipinski definition) is 1. The van der Waals surface area contributed by atoms with Gasteiger partial charge in [0.25, 0.3) is 0 Å². The van der Waals surface area contributed by atoms with E-state index in [2.05, 4.69) is 12.2 Å². The third kappa shape index (κ3) is 4.96. The van der Waals surface area contributed by atoms with E-state index in [1.54, 1.807) is 0 Å². The molecule has 1 saturated heterocycles. The van der Waals surface area contributed by atoms with Gasteiger partial charge in [-0.15, -0.1) is 12.4 Å². The van der Waals surface area contributed by atoms with Crippen LogP contribution in [-0.2, 0) is 4.79 Å². The van der Waals surface area contributed by atoms with E-state index in [0.29, 0.717) is 11.9 Å². The van der Waals surface area contributed by atoms with Crippen molar-refractivity contribution in [3.05, 3.63) is 0 Å². The van der Waals surface area contributed by atoms with Crippen LogP contribution in [-0.4, -0.2) is 37.0 Å². The van der Waals surface area contributed by atoms with E-state index >= 15 is 0 Å². The topological polar surface area (TPSA) is 32.3 Å². The first-order valence-corrected chi connectivity index (χ1v) is 7.63. The van der Waals surface area contributed by atoms with Crippen LogP contribution in [0.2, 0.25) is 0 Å². The highest BCUT2D eigenvalue weighted by atomic mass is 35.5. The summed E-state index contributed by atoms with van der Waals surface area (Å²) in [6.07, 6.45) is 8.04. The first-order chi connectivity index (χ1) is 8.66. The number of nitrogens with zero attached hydrogens (tertiary/aromatic N) is 1. The highest BCUT2D eigenvalue weighted by Gasteiger charge is 2.25. The fourth-order valence-electron chi connectivity index (χ4n) is 3.30. The second-order valence-electron chi connectivity index (χ2n) is 6.32. The predicted molar refractivity (Wildman–Crippen MR) is 81.6 cm³/mol. The average Bonchev–Trinajstić information content (AvgIpc) is 2.89. The van der Waals surface area contributed by atoms with Crippen LogP contribution in [0.4, 0.5) is 0 Å². The molecule has 2 rings (SSSR count). The molecule has 2 aliphatic rings. The molecule has 0 aromatic carbocycles. The third-order valence-corrected chi connectivity index (χ3v) is 4.86. The first kappa shape index (κ1) is 16.8. The molecule has 0 spiro atoms. The van der Waals surface area contributed by atoms with Gasteiger partial charge in [0, 0.05) is 19.5 Å². The van der Waals surface area contributed by atoms with E-state index < -0.39 is 0 Å². The van der Waals surface area contributed by atoms with Crippen molar-refractivity contribution in [2.75, 3.05) is 20.1 Å². The Bertz CT molecular complexity index is 271. The lowest BCUT2D eigenvalue weighted by Crippen LogP contribution is -2.39. The first-order valence-electron chi connectivity index (χ1n) is 7.63. The number of hydrogen-bond acceptors (Lipinski definition) is 2. The SMILES string of the molecule is CC1CCC(N(C)C(=O)CCC2CCNC2)CC1.Cl. The quantitative estimate of drug-likeness (QED) is 0.863. The monoisotopic (exact) mass is 288 g/mol. The Kier molecular flexibility index (Phi) is 7.16. The number of nitrogens with one attached hydrogen (secondary N) is 1. The molecule has 1 unspecified atom stereocenters. The molecule has 1 N–H and O–H groups in total. The van der Waals surface area contributed by atoms with Gasteiger partial charge in [-0.3, -0.25) is 4.79 Å². The van der Waals surface area contributed by atoms with Crippen LogP contribution in [0.3, 0.4) is 0 Å². The Hall–Kier alpha value is -0.280. The van der Waals surface area contributed by atoms with Gasteiger partial charge in [0.2, 0.25) is 5.91 Å². The summed E-state index contributed by atoms with van der Waals surface area (Å²) in [6, 6.07) is 0.510. The smallest absolute Gasteiger partial charge is 0.222 e. The Balaban J connectivity index is 0.00000180. The molecule has 0 bridgehead atoms. The standard InChI is InChI=1S/C15H28N2O.ClH/c1-12-3-6-14(7-4-12)17(2)15(18)8-5-13-9-10-16-11-13;/h12-14,16H,3-11H2,1-2H3;1H. The van der Waals surface area contributed by atoms with Gasteiger partial charge in [-0.2, -0.15) is 0 Å². The van der Waals surface area contributed by atoms with Crippen LogP contribution in [0.1, 0.15) is 51.9 Å². The van der Waals surface area contributed by atoms with Crippen LogP contribution < -0.4 is 5.32 Å². The maximum absolute atomic E-state index is 12.2. The molecular formula is C15H29ClN2O. The van der Waals surface area contributed by atoms with E-state index in [4.69, 9.17) is 0 Å². The Morgan fingerprint density at radius 2 is 1.89 bits per heavy atom. The van der Waals surface area contributed by atoms with Crippen molar-refractivity contribution in [2.24, 2.45) is 11.8 Å². The van der Waals surface area contributed by atoms with Gasteiger partial charge in [-0.25, -0.2) is 0 Å². The summed E-state index contributed by atoms with van der Waals surface area (Å²) in [5.41, 5.74) is 0. The molecule has 0 radical (unpaired) electrons. The lowest BCUT2D eigenvalue weighted by molar-refractivity contribution is -0.133.